The number of rotatable bonds is 5. The van der Waals surface area contributed by atoms with E-state index in [0.717, 1.165) is 35.4 Å². The van der Waals surface area contributed by atoms with Crippen molar-refractivity contribution in [2.75, 3.05) is 7.05 Å². The van der Waals surface area contributed by atoms with Gasteiger partial charge in [-0.2, -0.15) is 0 Å². The normalized spacial score (nSPS) is 17.8. The molecule has 0 radical (unpaired) electrons. The lowest BCUT2D eigenvalue weighted by atomic mass is 9.96. The molecular weight excluding hydrogens is 280 g/mol. The van der Waals surface area contributed by atoms with Crippen molar-refractivity contribution in [1.29, 1.82) is 0 Å². The fourth-order valence-corrected chi connectivity index (χ4v) is 5.51. The molecule has 1 heterocycles. The Hall–Kier alpha value is -0.430. The number of sulfonamides is 1. The number of hydrogen-bond acceptors (Lipinski definition) is 4. The van der Waals surface area contributed by atoms with Crippen molar-refractivity contribution in [3.63, 3.8) is 0 Å². The molecule has 1 aromatic heterocycles. The van der Waals surface area contributed by atoms with Crippen molar-refractivity contribution in [2.45, 2.75) is 56.5 Å². The number of aryl methyl sites for hydroxylation is 1. The van der Waals surface area contributed by atoms with Crippen LogP contribution < -0.4 is 10.0 Å². The van der Waals surface area contributed by atoms with Gasteiger partial charge in [-0.3, -0.25) is 0 Å². The average molecular weight is 302 g/mol. The van der Waals surface area contributed by atoms with E-state index in [1.807, 2.05) is 14.0 Å². The lowest BCUT2D eigenvalue weighted by Crippen LogP contribution is -2.36. The molecule has 0 bridgehead atoms. The fraction of sp³-hybridized carbons (Fsp3) is 0.692. The number of hydrogen-bond donors (Lipinski definition) is 2. The Morgan fingerprint density at radius 3 is 2.63 bits per heavy atom. The molecule has 6 heteroatoms. The minimum atomic E-state index is -3.36. The number of thiophene rings is 1. The first-order chi connectivity index (χ1) is 9.03. The van der Waals surface area contributed by atoms with Crippen LogP contribution in [0.5, 0.6) is 0 Å². The minimum absolute atomic E-state index is 0.116. The molecule has 0 spiro atoms. The van der Waals surface area contributed by atoms with Crippen LogP contribution in [0.15, 0.2) is 11.0 Å². The van der Waals surface area contributed by atoms with Gasteiger partial charge < -0.3 is 5.32 Å². The summed E-state index contributed by atoms with van der Waals surface area (Å²) in [7, 11) is -1.49. The molecule has 1 fully saturated rings. The van der Waals surface area contributed by atoms with Crippen LogP contribution in [0.4, 0.5) is 0 Å². The Morgan fingerprint density at radius 1 is 1.32 bits per heavy atom. The summed E-state index contributed by atoms with van der Waals surface area (Å²) in [5.74, 6) is 0. The van der Waals surface area contributed by atoms with Crippen molar-refractivity contribution in [3.8, 4) is 0 Å². The summed E-state index contributed by atoms with van der Waals surface area (Å²) in [5.41, 5.74) is 0. The first kappa shape index (κ1) is 15.0. The van der Waals surface area contributed by atoms with E-state index >= 15 is 0 Å². The van der Waals surface area contributed by atoms with Gasteiger partial charge in [0.05, 0.1) is 4.90 Å². The van der Waals surface area contributed by atoms with Crippen molar-refractivity contribution in [1.82, 2.24) is 10.0 Å². The van der Waals surface area contributed by atoms with E-state index in [0.29, 0.717) is 11.4 Å². The SMILES string of the molecule is CNCc1cc(S(=O)(=O)NC2CCCCC2)c(C)s1. The maximum Gasteiger partial charge on any atom is 0.241 e. The highest BCUT2D eigenvalue weighted by atomic mass is 32.2. The molecule has 0 amide bonds. The van der Waals surface area contributed by atoms with E-state index in [2.05, 4.69) is 10.0 Å². The molecule has 2 rings (SSSR count). The van der Waals surface area contributed by atoms with Crippen molar-refractivity contribution < 1.29 is 8.42 Å². The van der Waals surface area contributed by atoms with Gasteiger partial charge in [0.2, 0.25) is 10.0 Å². The van der Waals surface area contributed by atoms with Crippen LogP contribution >= 0.6 is 11.3 Å². The summed E-state index contributed by atoms with van der Waals surface area (Å²) in [4.78, 5) is 2.38. The van der Waals surface area contributed by atoms with Crippen LogP contribution in [0.3, 0.4) is 0 Å². The molecule has 0 atom stereocenters. The molecule has 2 N–H and O–H groups in total. The second-order valence-electron chi connectivity index (χ2n) is 5.12. The first-order valence-electron chi connectivity index (χ1n) is 6.79. The zero-order chi connectivity index (χ0) is 13.9. The van der Waals surface area contributed by atoms with E-state index in [4.69, 9.17) is 0 Å². The zero-order valence-corrected chi connectivity index (χ0v) is 13.2. The van der Waals surface area contributed by atoms with Gasteiger partial charge >= 0.3 is 0 Å². The van der Waals surface area contributed by atoms with Gasteiger partial charge in [-0.05, 0) is 32.9 Å². The summed E-state index contributed by atoms with van der Waals surface area (Å²) >= 11 is 1.55. The smallest absolute Gasteiger partial charge is 0.241 e. The Kier molecular flexibility index (Phi) is 5.00. The Balaban J connectivity index is 2.14. The quantitative estimate of drug-likeness (QED) is 0.878. The fourth-order valence-electron chi connectivity index (χ4n) is 2.56. The van der Waals surface area contributed by atoms with Crippen molar-refractivity contribution in [2.24, 2.45) is 0 Å². The van der Waals surface area contributed by atoms with Crippen molar-refractivity contribution in [3.05, 3.63) is 15.8 Å². The monoisotopic (exact) mass is 302 g/mol. The Morgan fingerprint density at radius 2 is 2.00 bits per heavy atom. The predicted molar refractivity (Wildman–Crippen MR) is 79.0 cm³/mol. The Labute approximate surface area is 119 Å². The second kappa shape index (κ2) is 6.35. The molecule has 0 saturated heterocycles. The summed E-state index contributed by atoms with van der Waals surface area (Å²) in [5, 5.41) is 3.05. The molecule has 0 aliphatic heterocycles. The van der Waals surface area contributed by atoms with Crippen LogP contribution in [0.1, 0.15) is 41.9 Å². The molecule has 1 saturated carbocycles. The average Bonchev–Trinajstić information content (AvgIpc) is 2.72. The van der Waals surface area contributed by atoms with Crippen LogP contribution in [0, 0.1) is 6.92 Å². The third kappa shape index (κ3) is 3.78. The standard InChI is InChI=1S/C13H22N2O2S2/c1-10-13(8-12(18-10)9-14-2)19(16,17)15-11-6-4-3-5-7-11/h8,11,14-15H,3-7,9H2,1-2H3. The molecule has 4 nitrogen and oxygen atoms in total. The lowest BCUT2D eigenvalue weighted by molar-refractivity contribution is 0.412. The molecule has 108 valence electrons. The third-order valence-electron chi connectivity index (χ3n) is 3.49. The van der Waals surface area contributed by atoms with E-state index in [9.17, 15) is 8.42 Å². The van der Waals surface area contributed by atoms with E-state index in [1.165, 1.54) is 6.42 Å². The van der Waals surface area contributed by atoms with Gasteiger partial charge in [0.15, 0.2) is 0 Å². The van der Waals surface area contributed by atoms with Crippen LogP contribution in [0.2, 0.25) is 0 Å². The van der Waals surface area contributed by atoms with Crippen LogP contribution in [0.25, 0.3) is 0 Å². The van der Waals surface area contributed by atoms with Crippen molar-refractivity contribution >= 4 is 21.4 Å². The van der Waals surface area contributed by atoms with Gasteiger partial charge in [-0.1, -0.05) is 19.3 Å². The van der Waals surface area contributed by atoms with Gasteiger partial charge in [0.25, 0.3) is 0 Å². The molecule has 0 aromatic carbocycles. The molecule has 19 heavy (non-hydrogen) atoms. The topological polar surface area (TPSA) is 58.2 Å². The highest BCUT2D eigenvalue weighted by molar-refractivity contribution is 7.89. The number of nitrogens with one attached hydrogen (secondary N) is 2. The molecule has 1 aliphatic carbocycles. The molecule has 0 unspecified atom stereocenters. The van der Waals surface area contributed by atoms with Crippen LogP contribution in [-0.4, -0.2) is 21.5 Å². The lowest BCUT2D eigenvalue weighted by Gasteiger charge is -2.22. The maximum atomic E-state index is 12.4. The molecule has 1 aliphatic rings. The second-order valence-corrected chi connectivity index (χ2v) is 8.14. The summed E-state index contributed by atoms with van der Waals surface area (Å²) in [6.07, 6.45) is 5.40. The van der Waals surface area contributed by atoms with E-state index in [1.54, 1.807) is 17.4 Å². The largest absolute Gasteiger partial charge is 0.315 e. The summed E-state index contributed by atoms with van der Waals surface area (Å²) < 4.78 is 27.7. The molecule has 1 aromatic rings. The summed E-state index contributed by atoms with van der Waals surface area (Å²) in [6, 6.07) is 1.91. The van der Waals surface area contributed by atoms with Gasteiger partial charge in [-0.25, -0.2) is 13.1 Å². The highest BCUT2D eigenvalue weighted by Gasteiger charge is 2.24. The zero-order valence-electron chi connectivity index (χ0n) is 11.5. The maximum absolute atomic E-state index is 12.4. The minimum Gasteiger partial charge on any atom is -0.315 e. The van der Waals surface area contributed by atoms with E-state index in [-0.39, 0.29) is 6.04 Å². The van der Waals surface area contributed by atoms with Crippen LogP contribution in [-0.2, 0) is 16.6 Å². The predicted octanol–water partition coefficient (Wildman–Crippen LogP) is 2.39. The molecular formula is C13H22N2O2S2. The van der Waals surface area contributed by atoms with Gasteiger partial charge in [0, 0.05) is 22.3 Å². The highest BCUT2D eigenvalue weighted by Crippen LogP contribution is 2.27. The third-order valence-corrected chi connectivity index (χ3v) is 6.32. The summed E-state index contributed by atoms with van der Waals surface area (Å²) in [6.45, 7) is 2.59. The first-order valence-corrected chi connectivity index (χ1v) is 9.09. The van der Waals surface area contributed by atoms with Gasteiger partial charge in [-0.15, -0.1) is 11.3 Å². The van der Waals surface area contributed by atoms with Gasteiger partial charge in [0.1, 0.15) is 0 Å². The van der Waals surface area contributed by atoms with E-state index < -0.39 is 10.0 Å². The Bertz CT molecular complexity index is 517.